The SMILES string of the molecule is CC1=CC(C)C2(COCOC2)C(C)C1. The lowest BCUT2D eigenvalue weighted by atomic mass is 9.63. The monoisotopic (exact) mass is 196 g/mol. The second-order valence-electron chi connectivity index (χ2n) is 4.95. The van der Waals surface area contributed by atoms with Crippen LogP contribution < -0.4 is 0 Å². The molecule has 2 atom stereocenters. The highest BCUT2D eigenvalue weighted by molar-refractivity contribution is 5.13. The topological polar surface area (TPSA) is 18.5 Å². The number of hydrogen-bond acceptors (Lipinski definition) is 2. The molecule has 0 bridgehead atoms. The predicted molar refractivity (Wildman–Crippen MR) is 55.9 cm³/mol. The fourth-order valence-corrected chi connectivity index (χ4v) is 2.91. The van der Waals surface area contributed by atoms with Crippen molar-refractivity contribution in [2.75, 3.05) is 20.0 Å². The Morgan fingerprint density at radius 1 is 1.29 bits per heavy atom. The van der Waals surface area contributed by atoms with Gasteiger partial charge in [0.05, 0.1) is 13.2 Å². The first-order chi connectivity index (χ1) is 6.65. The Labute approximate surface area is 86.3 Å². The average molecular weight is 196 g/mol. The Balaban J connectivity index is 2.23. The van der Waals surface area contributed by atoms with E-state index < -0.39 is 0 Å². The number of ether oxygens (including phenoxy) is 2. The molecule has 2 unspecified atom stereocenters. The van der Waals surface area contributed by atoms with Crippen molar-refractivity contribution >= 4 is 0 Å². The summed E-state index contributed by atoms with van der Waals surface area (Å²) in [6.07, 6.45) is 3.58. The summed E-state index contributed by atoms with van der Waals surface area (Å²) >= 11 is 0. The zero-order chi connectivity index (χ0) is 10.2. The fourth-order valence-electron chi connectivity index (χ4n) is 2.91. The first kappa shape index (κ1) is 10.2. The molecular formula is C12H20O2. The van der Waals surface area contributed by atoms with Gasteiger partial charge in [0, 0.05) is 5.41 Å². The maximum Gasteiger partial charge on any atom is 0.146 e. The van der Waals surface area contributed by atoms with Crippen molar-refractivity contribution in [3.8, 4) is 0 Å². The molecule has 2 aliphatic rings. The summed E-state index contributed by atoms with van der Waals surface area (Å²) < 4.78 is 11.0. The van der Waals surface area contributed by atoms with Gasteiger partial charge in [-0.1, -0.05) is 25.5 Å². The summed E-state index contributed by atoms with van der Waals surface area (Å²) in [5, 5.41) is 0. The van der Waals surface area contributed by atoms with E-state index in [0.717, 1.165) is 13.2 Å². The maximum absolute atomic E-state index is 5.49. The van der Waals surface area contributed by atoms with E-state index in [0.29, 0.717) is 18.6 Å². The number of rotatable bonds is 0. The van der Waals surface area contributed by atoms with Gasteiger partial charge in [-0.2, -0.15) is 0 Å². The largest absolute Gasteiger partial charge is 0.355 e. The van der Waals surface area contributed by atoms with Gasteiger partial charge >= 0.3 is 0 Å². The maximum atomic E-state index is 5.49. The van der Waals surface area contributed by atoms with Crippen LogP contribution in [0.4, 0.5) is 0 Å². The van der Waals surface area contributed by atoms with Gasteiger partial charge in [0.15, 0.2) is 0 Å². The van der Waals surface area contributed by atoms with E-state index >= 15 is 0 Å². The quantitative estimate of drug-likeness (QED) is 0.554. The normalized spacial score (nSPS) is 36.9. The molecule has 0 N–H and O–H groups in total. The molecule has 2 nitrogen and oxygen atoms in total. The van der Waals surface area contributed by atoms with Crippen LogP contribution in [-0.2, 0) is 9.47 Å². The molecule has 1 aliphatic carbocycles. The molecule has 2 heteroatoms. The van der Waals surface area contributed by atoms with Crippen molar-refractivity contribution in [2.24, 2.45) is 17.3 Å². The van der Waals surface area contributed by atoms with Crippen LogP contribution >= 0.6 is 0 Å². The molecule has 1 aliphatic heterocycles. The minimum Gasteiger partial charge on any atom is -0.355 e. The van der Waals surface area contributed by atoms with Gasteiger partial charge in [-0.25, -0.2) is 0 Å². The van der Waals surface area contributed by atoms with Crippen molar-refractivity contribution in [1.82, 2.24) is 0 Å². The lowest BCUT2D eigenvalue weighted by molar-refractivity contribution is -0.193. The summed E-state index contributed by atoms with van der Waals surface area (Å²) in [4.78, 5) is 0. The van der Waals surface area contributed by atoms with Gasteiger partial charge in [0.25, 0.3) is 0 Å². The number of allylic oxidation sites excluding steroid dienone is 2. The summed E-state index contributed by atoms with van der Waals surface area (Å²) in [6.45, 7) is 9.04. The second kappa shape index (κ2) is 3.67. The molecule has 0 aromatic heterocycles. The smallest absolute Gasteiger partial charge is 0.146 e. The van der Waals surface area contributed by atoms with Crippen LogP contribution in [0.1, 0.15) is 27.2 Å². The lowest BCUT2D eigenvalue weighted by Crippen LogP contribution is -2.48. The van der Waals surface area contributed by atoms with E-state index in [4.69, 9.17) is 9.47 Å². The summed E-state index contributed by atoms with van der Waals surface area (Å²) in [5.74, 6) is 1.24. The number of hydrogen-bond donors (Lipinski definition) is 0. The highest BCUT2D eigenvalue weighted by atomic mass is 16.7. The fraction of sp³-hybridized carbons (Fsp3) is 0.833. The molecule has 0 aromatic carbocycles. The molecule has 0 amide bonds. The third-order valence-electron chi connectivity index (χ3n) is 3.96. The lowest BCUT2D eigenvalue weighted by Gasteiger charge is -2.47. The minimum atomic E-state index is 0.234. The predicted octanol–water partition coefficient (Wildman–Crippen LogP) is 2.60. The van der Waals surface area contributed by atoms with Gasteiger partial charge in [0.2, 0.25) is 0 Å². The molecule has 1 heterocycles. The second-order valence-corrected chi connectivity index (χ2v) is 4.95. The highest BCUT2D eigenvalue weighted by Gasteiger charge is 2.44. The molecule has 1 saturated heterocycles. The molecule has 2 rings (SSSR count). The van der Waals surface area contributed by atoms with E-state index in [1.54, 1.807) is 0 Å². The Bertz CT molecular complexity index is 239. The van der Waals surface area contributed by atoms with Crippen molar-refractivity contribution in [2.45, 2.75) is 27.2 Å². The molecule has 14 heavy (non-hydrogen) atoms. The van der Waals surface area contributed by atoms with E-state index in [-0.39, 0.29) is 5.41 Å². The third-order valence-corrected chi connectivity index (χ3v) is 3.96. The summed E-state index contributed by atoms with van der Waals surface area (Å²) in [6, 6.07) is 0. The summed E-state index contributed by atoms with van der Waals surface area (Å²) in [7, 11) is 0. The van der Waals surface area contributed by atoms with Crippen LogP contribution in [0.25, 0.3) is 0 Å². The zero-order valence-electron chi connectivity index (χ0n) is 9.38. The minimum absolute atomic E-state index is 0.234. The van der Waals surface area contributed by atoms with Crippen LogP contribution in [-0.4, -0.2) is 20.0 Å². The van der Waals surface area contributed by atoms with Crippen LogP contribution in [0.2, 0.25) is 0 Å². The van der Waals surface area contributed by atoms with Gasteiger partial charge in [-0.05, 0) is 25.2 Å². The van der Waals surface area contributed by atoms with Gasteiger partial charge in [0.1, 0.15) is 6.79 Å². The van der Waals surface area contributed by atoms with Gasteiger partial charge in [-0.15, -0.1) is 0 Å². The van der Waals surface area contributed by atoms with Gasteiger partial charge in [-0.3, -0.25) is 0 Å². The van der Waals surface area contributed by atoms with Crippen LogP contribution in [0.5, 0.6) is 0 Å². The standard InChI is InChI=1S/C12H20O2/c1-9-4-10(2)12(11(3)5-9)6-13-8-14-7-12/h4,10-11H,5-8H2,1-3H3. The van der Waals surface area contributed by atoms with Crippen molar-refractivity contribution < 1.29 is 9.47 Å². The molecular weight excluding hydrogens is 176 g/mol. The molecule has 1 fully saturated rings. The Kier molecular flexibility index (Phi) is 2.67. The Morgan fingerprint density at radius 2 is 1.93 bits per heavy atom. The molecule has 0 radical (unpaired) electrons. The van der Waals surface area contributed by atoms with Crippen LogP contribution in [0.15, 0.2) is 11.6 Å². The van der Waals surface area contributed by atoms with Crippen LogP contribution in [0, 0.1) is 17.3 Å². The third kappa shape index (κ3) is 1.51. The van der Waals surface area contributed by atoms with Crippen molar-refractivity contribution in [3.05, 3.63) is 11.6 Å². The Hall–Kier alpha value is -0.340. The first-order valence-electron chi connectivity index (χ1n) is 5.48. The van der Waals surface area contributed by atoms with E-state index in [2.05, 4.69) is 26.8 Å². The highest BCUT2D eigenvalue weighted by Crippen LogP contribution is 2.45. The van der Waals surface area contributed by atoms with Gasteiger partial charge < -0.3 is 9.47 Å². The van der Waals surface area contributed by atoms with E-state index in [9.17, 15) is 0 Å². The molecule has 0 aromatic rings. The van der Waals surface area contributed by atoms with E-state index in [1.165, 1.54) is 12.0 Å². The first-order valence-corrected chi connectivity index (χ1v) is 5.48. The van der Waals surface area contributed by atoms with E-state index in [1.807, 2.05) is 0 Å². The Morgan fingerprint density at radius 3 is 2.50 bits per heavy atom. The molecule has 0 saturated carbocycles. The average Bonchev–Trinajstić information content (AvgIpc) is 2.16. The molecule has 80 valence electrons. The van der Waals surface area contributed by atoms with Crippen molar-refractivity contribution in [3.63, 3.8) is 0 Å². The van der Waals surface area contributed by atoms with Crippen LogP contribution in [0.3, 0.4) is 0 Å². The van der Waals surface area contributed by atoms with Crippen molar-refractivity contribution in [1.29, 1.82) is 0 Å². The zero-order valence-corrected chi connectivity index (χ0v) is 9.38. The summed E-state index contributed by atoms with van der Waals surface area (Å²) in [5.41, 5.74) is 1.75. The molecule has 1 spiro atoms.